The maximum atomic E-state index is 12.2. The van der Waals surface area contributed by atoms with E-state index in [1.54, 1.807) is 19.2 Å². The predicted molar refractivity (Wildman–Crippen MR) is 76.9 cm³/mol. The number of ether oxygens (including phenoxy) is 1. The number of hydrogen-bond donors (Lipinski definition) is 2. The Bertz CT molecular complexity index is 521. The summed E-state index contributed by atoms with van der Waals surface area (Å²) in [5, 5.41) is 17.7. The van der Waals surface area contributed by atoms with Gasteiger partial charge < -0.3 is 19.8 Å². The molecule has 6 heteroatoms. The van der Waals surface area contributed by atoms with Gasteiger partial charge in [-0.15, -0.1) is 0 Å². The second kappa shape index (κ2) is 8.06. The van der Waals surface area contributed by atoms with Gasteiger partial charge in [0.1, 0.15) is 5.75 Å². The summed E-state index contributed by atoms with van der Waals surface area (Å²) in [4.78, 5) is 24.2. The first-order valence-corrected chi connectivity index (χ1v) is 6.42. The summed E-state index contributed by atoms with van der Waals surface area (Å²) < 4.78 is 5.06. The van der Waals surface area contributed by atoms with E-state index in [0.717, 1.165) is 11.6 Å². The lowest BCUT2D eigenvalue weighted by Crippen LogP contribution is -2.33. The van der Waals surface area contributed by atoms with E-state index in [0.29, 0.717) is 5.75 Å². The largest absolute Gasteiger partial charge is 0.497 e. The molecule has 0 spiro atoms. The van der Waals surface area contributed by atoms with Crippen molar-refractivity contribution in [1.82, 2.24) is 4.90 Å². The Kier molecular flexibility index (Phi) is 6.42. The van der Waals surface area contributed by atoms with Crippen LogP contribution in [0.5, 0.6) is 5.75 Å². The number of hydrogen-bond acceptors (Lipinski definition) is 4. The average molecular weight is 293 g/mol. The van der Waals surface area contributed by atoms with Gasteiger partial charge in [-0.3, -0.25) is 4.79 Å². The number of carbonyl (C=O) groups is 2. The highest BCUT2D eigenvalue weighted by Gasteiger charge is 2.16. The van der Waals surface area contributed by atoms with Gasteiger partial charge in [-0.05, 0) is 24.6 Å². The third-order valence-electron chi connectivity index (χ3n) is 2.87. The van der Waals surface area contributed by atoms with Gasteiger partial charge in [0.15, 0.2) is 0 Å². The molecule has 0 aliphatic heterocycles. The molecule has 114 valence electrons. The number of amides is 1. The van der Waals surface area contributed by atoms with Gasteiger partial charge in [-0.1, -0.05) is 12.1 Å². The van der Waals surface area contributed by atoms with E-state index < -0.39 is 11.9 Å². The van der Waals surface area contributed by atoms with Crippen molar-refractivity contribution in [3.8, 4) is 5.75 Å². The van der Waals surface area contributed by atoms with Crippen LogP contribution in [-0.2, 0) is 16.1 Å². The lowest BCUT2D eigenvalue weighted by atomic mass is 10.1. The zero-order valence-corrected chi connectivity index (χ0v) is 12.1. The number of carbonyl (C=O) groups excluding carboxylic acids is 1. The monoisotopic (exact) mass is 293 g/mol. The Labute approximate surface area is 123 Å². The molecule has 6 nitrogen and oxygen atoms in total. The van der Waals surface area contributed by atoms with Crippen LogP contribution in [0.4, 0.5) is 0 Å². The first-order valence-electron chi connectivity index (χ1n) is 6.42. The number of aliphatic hydroxyl groups excluding tert-OH is 1. The van der Waals surface area contributed by atoms with E-state index in [2.05, 4.69) is 0 Å². The van der Waals surface area contributed by atoms with Crippen molar-refractivity contribution in [1.29, 1.82) is 0 Å². The summed E-state index contributed by atoms with van der Waals surface area (Å²) in [5.41, 5.74) is 0.977. The van der Waals surface area contributed by atoms with E-state index in [-0.39, 0.29) is 25.3 Å². The molecule has 0 unspecified atom stereocenters. The standard InChI is InChI=1S/C15H19NO5/c1-11(9-14(18)19)15(20)16(7-8-17)10-12-3-5-13(21-2)6-4-12/h3-6,9,17H,7-8,10H2,1-2H3,(H,18,19)/b11-9+. The molecule has 0 aliphatic carbocycles. The fraction of sp³-hybridized carbons (Fsp3) is 0.333. The van der Waals surface area contributed by atoms with E-state index in [1.807, 2.05) is 12.1 Å². The highest BCUT2D eigenvalue weighted by molar-refractivity contribution is 5.98. The summed E-state index contributed by atoms with van der Waals surface area (Å²) in [5.74, 6) is -0.878. The van der Waals surface area contributed by atoms with Gasteiger partial charge >= 0.3 is 5.97 Å². The first kappa shape index (κ1) is 16.7. The Hall–Kier alpha value is -2.34. The number of methoxy groups -OCH3 is 1. The van der Waals surface area contributed by atoms with Crippen LogP contribution in [0.1, 0.15) is 12.5 Å². The molecule has 1 aromatic carbocycles. The summed E-state index contributed by atoms with van der Waals surface area (Å²) >= 11 is 0. The summed E-state index contributed by atoms with van der Waals surface area (Å²) in [6.07, 6.45) is 0.862. The van der Waals surface area contributed by atoms with Crippen LogP contribution in [0, 0.1) is 0 Å². The van der Waals surface area contributed by atoms with Crippen molar-refractivity contribution in [2.45, 2.75) is 13.5 Å². The summed E-state index contributed by atoms with van der Waals surface area (Å²) in [6.45, 7) is 1.67. The number of nitrogens with zero attached hydrogens (tertiary/aromatic N) is 1. The van der Waals surface area contributed by atoms with Crippen LogP contribution in [-0.4, -0.2) is 47.3 Å². The van der Waals surface area contributed by atoms with Gasteiger partial charge in [0.05, 0.1) is 13.7 Å². The topological polar surface area (TPSA) is 87.1 Å². The predicted octanol–water partition coefficient (Wildman–Crippen LogP) is 1.05. The normalized spacial score (nSPS) is 11.1. The molecule has 1 amide bonds. The Morgan fingerprint density at radius 3 is 2.38 bits per heavy atom. The van der Waals surface area contributed by atoms with E-state index >= 15 is 0 Å². The molecule has 0 bridgehead atoms. The van der Waals surface area contributed by atoms with E-state index in [9.17, 15) is 9.59 Å². The van der Waals surface area contributed by atoms with Crippen molar-refractivity contribution in [3.05, 3.63) is 41.5 Å². The Balaban J connectivity index is 2.85. The zero-order chi connectivity index (χ0) is 15.8. The molecule has 0 fully saturated rings. The van der Waals surface area contributed by atoms with E-state index in [1.165, 1.54) is 11.8 Å². The zero-order valence-electron chi connectivity index (χ0n) is 12.1. The number of carboxylic acids is 1. The molecule has 0 saturated carbocycles. The Morgan fingerprint density at radius 1 is 1.29 bits per heavy atom. The summed E-state index contributed by atoms with van der Waals surface area (Å²) in [6, 6.07) is 7.17. The summed E-state index contributed by atoms with van der Waals surface area (Å²) in [7, 11) is 1.57. The van der Waals surface area contributed by atoms with Gasteiger partial charge in [0, 0.05) is 24.7 Å². The van der Waals surface area contributed by atoms with Gasteiger partial charge in [-0.2, -0.15) is 0 Å². The average Bonchev–Trinajstić information content (AvgIpc) is 2.46. The molecule has 1 rings (SSSR count). The molecule has 0 atom stereocenters. The molecule has 1 aromatic rings. The molecule has 21 heavy (non-hydrogen) atoms. The van der Waals surface area contributed by atoms with Crippen molar-refractivity contribution in [2.24, 2.45) is 0 Å². The van der Waals surface area contributed by atoms with E-state index in [4.69, 9.17) is 14.9 Å². The SMILES string of the molecule is COc1ccc(CN(CCO)C(=O)/C(C)=C/C(=O)O)cc1. The van der Waals surface area contributed by atoms with Gasteiger partial charge in [0.2, 0.25) is 5.91 Å². The minimum absolute atomic E-state index is 0.115. The van der Waals surface area contributed by atoms with Crippen molar-refractivity contribution < 1.29 is 24.5 Å². The number of carboxylic acid groups (broad SMARTS) is 1. The number of rotatable bonds is 7. The molecular formula is C15H19NO5. The third kappa shape index (κ3) is 5.27. The highest BCUT2D eigenvalue weighted by Crippen LogP contribution is 2.14. The van der Waals surface area contributed by atoms with Crippen molar-refractivity contribution >= 4 is 11.9 Å². The number of aliphatic hydroxyl groups is 1. The van der Waals surface area contributed by atoms with Crippen molar-refractivity contribution in [3.63, 3.8) is 0 Å². The smallest absolute Gasteiger partial charge is 0.328 e. The molecule has 0 aliphatic rings. The molecule has 0 radical (unpaired) electrons. The lowest BCUT2D eigenvalue weighted by molar-refractivity contribution is -0.133. The van der Waals surface area contributed by atoms with Crippen LogP contribution in [0.25, 0.3) is 0 Å². The lowest BCUT2D eigenvalue weighted by Gasteiger charge is -2.22. The third-order valence-corrected chi connectivity index (χ3v) is 2.87. The molecule has 0 aromatic heterocycles. The van der Waals surface area contributed by atoms with Crippen LogP contribution < -0.4 is 4.74 Å². The molecule has 0 heterocycles. The first-order chi connectivity index (χ1) is 9.97. The minimum atomic E-state index is -1.17. The molecule has 0 saturated heterocycles. The number of benzene rings is 1. The van der Waals surface area contributed by atoms with Gasteiger partial charge in [-0.25, -0.2) is 4.79 Å². The highest BCUT2D eigenvalue weighted by atomic mass is 16.5. The molecule has 2 N–H and O–H groups in total. The maximum Gasteiger partial charge on any atom is 0.328 e. The van der Waals surface area contributed by atoms with Crippen LogP contribution in [0.2, 0.25) is 0 Å². The second-order valence-electron chi connectivity index (χ2n) is 4.46. The van der Waals surface area contributed by atoms with Crippen LogP contribution in [0.15, 0.2) is 35.9 Å². The fourth-order valence-electron chi connectivity index (χ4n) is 1.82. The van der Waals surface area contributed by atoms with Crippen molar-refractivity contribution in [2.75, 3.05) is 20.3 Å². The molecular weight excluding hydrogens is 274 g/mol. The minimum Gasteiger partial charge on any atom is -0.497 e. The maximum absolute atomic E-state index is 12.2. The van der Waals surface area contributed by atoms with Crippen LogP contribution in [0.3, 0.4) is 0 Å². The van der Waals surface area contributed by atoms with Crippen LogP contribution >= 0.6 is 0 Å². The Morgan fingerprint density at radius 2 is 1.90 bits per heavy atom. The quantitative estimate of drug-likeness (QED) is 0.734. The number of aliphatic carboxylic acids is 1. The fourth-order valence-corrected chi connectivity index (χ4v) is 1.82. The van der Waals surface area contributed by atoms with Gasteiger partial charge in [0.25, 0.3) is 0 Å². The second-order valence-corrected chi connectivity index (χ2v) is 4.46.